The van der Waals surface area contributed by atoms with Gasteiger partial charge in [-0.05, 0) is 92.4 Å². The second kappa shape index (κ2) is 10.6. The van der Waals surface area contributed by atoms with E-state index in [-0.39, 0.29) is 34.9 Å². The summed E-state index contributed by atoms with van der Waals surface area (Å²) in [4.78, 5) is 12.2. The molecule has 10 heteroatoms. The maximum Gasteiger partial charge on any atom is 0.416 e. The van der Waals surface area contributed by atoms with E-state index < -0.39 is 21.8 Å². The quantitative estimate of drug-likeness (QED) is 0.400. The van der Waals surface area contributed by atoms with Crippen molar-refractivity contribution in [2.75, 3.05) is 11.3 Å². The van der Waals surface area contributed by atoms with E-state index in [2.05, 4.69) is 16.1 Å². The third kappa shape index (κ3) is 6.78. The Morgan fingerprint density at radius 2 is 1.58 bits per heavy atom. The largest absolute Gasteiger partial charge is 0.484 e. The molecule has 0 radical (unpaired) electrons. The summed E-state index contributed by atoms with van der Waals surface area (Å²) in [6.07, 6.45) is -4.59. The third-order valence-electron chi connectivity index (χ3n) is 5.67. The molecule has 0 aliphatic carbocycles. The van der Waals surface area contributed by atoms with Crippen LogP contribution < -0.4 is 14.8 Å². The number of aryl methyl sites for hydroxylation is 3. The van der Waals surface area contributed by atoms with Crippen LogP contribution in [0.5, 0.6) is 5.75 Å². The molecule has 0 heterocycles. The molecule has 6 nitrogen and oxygen atoms in total. The molecule has 3 aromatic carbocycles. The molecule has 0 aliphatic heterocycles. The lowest BCUT2D eigenvalue weighted by atomic mass is 9.96. The average molecular weight is 521 g/mol. The fourth-order valence-corrected chi connectivity index (χ4v) is 4.70. The lowest BCUT2D eigenvalue weighted by molar-refractivity contribution is -0.137. The summed E-state index contributed by atoms with van der Waals surface area (Å²) < 4.78 is 71.4. The molecule has 0 bridgehead atoms. The highest BCUT2D eigenvalue weighted by molar-refractivity contribution is 7.92. The zero-order chi connectivity index (χ0) is 26.7. The summed E-state index contributed by atoms with van der Waals surface area (Å²) in [6, 6.07) is 13.0. The molecule has 0 saturated carbocycles. The van der Waals surface area contributed by atoms with Crippen LogP contribution in [-0.4, -0.2) is 20.9 Å². The topological polar surface area (TPSA) is 84.5 Å². The van der Waals surface area contributed by atoms with E-state index in [0.717, 1.165) is 28.8 Å². The number of ether oxygens (including phenoxy) is 1. The van der Waals surface area contributed by atoms with Crippen LogP contribution in [0.4, 0.5) is 18.9 Å². The van der Waals surface area contributed by atoms with Gasteiger partial charge in [-0.25, -0.2) is 8.42 Å². The van der Waals surface area contributed by atoms with Crippen molar-refractivity contribution in [2.45, 2.75) is 44.8 Å². The fraction of sp³-hybridized carbons (Fsp3) is 0.269. The zero-order valence-electron chi connectivity index (χ0n) is 20.2. The predicted octanol–water partition coefficient (Wildman–Crippen LogP) is 5.69. The highest BCUT2D eigenvalue weighted by atomic mass is 32.2. The van der Waals surface area contributed by atoms with Crippen molar-refractivity contribution in [2.24, 2.45) is 0 Å². The Hall–Kier alpha value is -3.53. The van der Waals surface area contributed by atoms with Gasteiger partial charge in [0.25, 0.3) is 15.9 Å². The number of hydrogen-bond donors (Lipinski definition) is 2. The van der Waals surface area contributed by atoms with Crippen LogP contribution in [0, 0.1) is 20.8 Å². The van der Waals surface area contributed by atoms with Crippen molar-refractivity contribution in [3.05, 3.63) is 88.5 Å². The molecule has 0 fully saturated rings. The third-order valence-corrected chi connectivity index (χ3v) is 7.07. The van der Waals surface area contributed by atoms with E-state index >= 15 is 0 Å². The maximum atomic E-state index is 12.9. The van der Waals surface area contributed by atoms with E-state index in [9.17, 15) is 26.4 Å². The SMILES string of the molecule is Cc1cc(C)c(C(C)NC(=O)COc2ccc(S(=O)(=O)Nc3cccc(C(F)(F)F)c3)cc2)cc1C. The van der Waals surface area contributed by atoms with Crippen molar-refractivity contribution in [1.82, 2.24) is 5.32 Å². The molecule has 1 atom stereocenters. The lowest BCUT2D eigenvalue weighted by Crippen LogP contribution is -2.31. The number of benzene rings is 3. The van der Waals surface area contributed by atoms with E-state index in [1.54, 1.807) is 0 Å². The lowest BCUT2D eigenvalue weighted by Gasteiger charge is -2.18. The van der Waals surface area contributed by atoms with Crippen molar-refractivity contribution in [1.29, 1.82) is 0 Å². The molecular weight excluding hydrogens is 493 g/mol. The first-order chi connectivity index (χ1) is 16.8. The van der Waals surface area contributed by atoms with Gasteiger partial charge in [0.2, 0.25) is 0 Å². The fourth-order valence-electron chi connectivity index (χ4n) is 3.65. The normalized spacial score (nSPS) is 12.6. The number of sulfonamides is 1. The second-order valence-corrected chi connectivity index (χ2v) is 10.2. The number of alkyl halides is 3. The number of hydrogen-bond acceptors (Lipinski definition) is 4. The number of rotatable bonds is 8. The van der Waals surface area contributed by atoms with Gasteiger partial charge >= 0.3 is 6.18 Å². The van der Waals surface area contributed by atoms with Crippen LogP contribution in [0.15, 0.2) is 65.6 Å². The second-order valence-electron chi connectivity index (χ2n) is 8.53. The zero-order valence-corrected chi connectivity index (χ0v) is 21.0. The average Bonchev–Trinajstić information content (AvgIpc) is 2.79. The number of halogens is 3. The summed E-state index contributed by atoms with van der Waals surface area (Å²) in [5, 5.41) is 2.88. The summed E-state index contributed by atoms with van der Waals surface area (Å²) in [5.74, 6) is -0.0822. The van der Waals surface area contributed by atoms with Gasteiger partial charge in [-0.2, -0.15) is 13.2 Å². The number of nitrogens with one attached hydrogen (secondary N) is 2. The van der Waals surface area contributed by atoms with Crippen LogP contribution in [0.1, 0.15) is 40.8 Å². The smallest absolute Gasteiger partial charge is 0.416 e. The van der Waals surface area contributed by atoms with Gasteiger partial charge in [-0.1, -0.05) is 18.2 Å². The number of carbonyl (C=O) groups excluding carboxylic acids is 1. The van der Waals surface area contributed by atoms with Crippen LogP contribution in [-0.2, 0) is 21.0 Å². The Bertz CT molecular complexity index is 1350. The molecule has 0 aromatic heterocycles. The highest BCUT2D eigenvalue weighted by Crippen LogP contribution is 2.31. The minimum atomic E-state index is -4.59. The van der Waals surface area contributed by atoms with Crippen LogP contribution in [0.25, 0.3) is 0 Å². The molecule has 1 amide bonds. The van der Waals surface area contributed by atoms with Gasteiger partial charge < -0.3 is 10.1 Å². The summed E-state index contributed by atoms with van der Waals surface area (Å²) >= 11 is 0. The Labute approximate surface area is 208 Å². The predicted molar refractivity (Wildman–Crippen MR) is 131 cm³/mol. The molecule has 2 N–H and O–H groups in total. The molecule has 3 rings (SSSR count). The number of carbonyl (C=O) groups is 1. The van der Waals surface area contributed by atoms with Crippen LogP contribution in [0.3, 0.4) is 0 Å². The Balaban J connectivity index is 1.60. The van der Waals surface area contributed by atoms with E-state index in [0.29, 0.717) is 6.07 Å². The number of anilines is 1. The van der Waals surface area contributed by atoms with E-state index in [4.69, 9.17) is 4.74 Å². The highest BCUT2D eigenvalue weighted by Gasteiger charge is 2.30. The summed E-state index contributed by atoms with van der Waals surface area (Å²) in [6.45, 7) is 7.63. The molecule has 0 spiro atoms. The number of amides is 1. The Kier molecular flexibility index (Phi) is 7.98. The Morgan fingerprint density at radius 3 is 2.22 bits per heavy atom. The van der Waals surface area contributed by atoms with Gasteiger partial charge in [0.1, 0.15) is 5.75 Å². The summed E-state index contributed by atoms with van der Waals surface area (Å²) in [5.41, 5.74) is 3.21. The van der Waals surface area contributed by atoms with Crippen LogP contribution in [0.2, 0.25) is 0 Å². The first-order valence-electron chi connectivity index (χ1n) is 11.1. The maximum absolute atomic E-state index is 12.9. The minimum Gasteiger partial charge on any atom is -0.484 e. The molecule has 0 saturated heterocycles. The van der Waals surface area contributed by atoms with Gasteiger partial charge in [0, 0.05) is 5.69 Å². The van der Waals surface area contributed by atoms with Gasteiger partial charge in [0.15, 0.2) is 6.61 Å². The molecule has 192 valence electrons. The van der Waals surface area contributed by atoms with Gasteiger partial charge in [-0.3, -0.25) is 9.52 Å². The van der Waals surface area contributed by atoms with Crippen molar-refractivity contribution >= 4 is 21.6 Å². The molecule has 36 heavy (non-hydrogen) atoms. The molecule has 1 unspecified atom stereocenters. The van der Waals surface area contributed by atoms with Gasteiger partial charge in [-0.15, -0.1) is 0 Å². The van der Waals surface area contributed by atoms with Crippen molar-refractivity contribution in [3.8, 4) is 5.75 Å². The molecule has 0 aliphatic rings. The van der Waals surface area contributed by atoms with Crippen molar-refractivity contribution < 1.29 is 31.1 Å². The summed E-state index contributed by atoms with van der Waals surface area (Å²) in [7, 11) is -4.13. The van der Waals surface area contributed by atoms with E-state index in [1.807, 2.05) is 33.8 Å². The first kappa shape index (κ1) is 27.1. The first-order valence-corrected chi connectivity index (χ1v) is 12.5. The molecular formula is C26H27F3N2O4S. The minimum absolute atomic E-state index is 0.171. The van der Waals surface area contributed by atoms with Crippen LogP contribution >= 0.6 is 0 Å². The standard InChI is InChI=1S/C26H27F3N2O4S/c1-16-12-18(3)24(13-17(16)2)19(4)30-25(32)15-35-22-8-10-23(11-9-22)36(33,34)31-21-7-5-6-20(14-21)26(27,28)29/h5-14,19,31H,15H2,1-4H3,(H,30,32). The van der Waals surface area contributed by atoms with E-state index in [1.165, 1.54) is 35.9 Å². The Morgan fingerprint density at radius 1 is 0.944 bits per heavy atom. The van der Waals surface area contributed by atoms with Crippen molar-refractivity contribution in [3.63, 3.8) is 0 Å². The monoisotopic (exact) mass is 520 g/mol. The van der Waals surface area contributed by atoms with Gasteiger partial charge in [0.05, 0.1) is 16.5 Å². The molecule has 3 aromatic rings.